The second-order valence-corrected chi connectivity index (χ2v) is 9.89. The Morgan fingerprint density at radius 3 is 2.76 bits per heavy atom. The Labute approximate surface area is 196 Å². The number of phenolic OH excluding ortho intramolecular Hbond substituents is 1. The highest BCUT2D eigenvalue weighted by Crippen LogP contribution is 2.55. The van der Waals surface area contributed by atoms with Crippen molar-refractivity contribution in [2.24, 2.45) is 11.8 Å². The van der Waals surface area contributed by atoms with Gasteiger partial charge in [0.15, 0.2) is 6.23 Å². The van der Waals surface area contributed by atoms with Crippen LogP contribution in [0.4, 0.5) is 0 Å². The lowest BCUT2D eigenvalue weighted by atomic mass is 9.77. The Bertz CT molecular complexity index is 954. The van der Waals surface area contributed by atoms with Crippen LogP contribution in [0.1, 0.15) is 88.5 Å². The molecule has 0 aromatic heterocycles. The standard InChI is InChI=1S/C27H37NO5/c1-6-7-8-9-10-11-20(29)17(4)26(31)28-13-12-19-25-24-22(33-27(19)28)14-21(30)16(3)23(24)15(2)18(5)32-25/h6-7,14-15,17-19,25,27,30H,8-13H2,1-5H3/t15-,17+,18-,19+,25+,27-/m1/s1. The summed E-state index contributed by atoms with van der Waals surface area (Å²) in [6, 6.07) is 1.66. The van der Waals surface area contributed by atoms with Crippen LogP contribution in [0.2, 0.25) is 0 Å². The molecule has 1 amide bonds. The number of ether oxygens (including phenoxy) is 2. The lowest BCUT2D eigenvalue weighted by Crippen LogP contribution is -2.49. The Balaban J connectivity index is 1.53. The van der Waals surface area contributed by atoms with Gasteiger partial charge in [0.1, 0.15) is 17.3 Å². The summed E-state index contributed by atoms with van der Waals surface area (Å²) < 4.78 is 12.8. The fourth-order valence-corrected chi connectivity index (χ4v) is 5.67. The number of fused-ring (bicyclic) bond motifs is 2. The minimum Gasteiger partial charge on any atom is -0.508 e. The number of likely N-dealkylation sites (tertiary alicyclic amines) is 1. The van der Waals surface area contributed by atoms with E-state index in [1.807, 2.05) is 19.9 Å². The Hall–Kier alpha value is -2.34. The van der Waals surface area contributed by atoms with Gasteiger partial charge in [0, 0.05) is 36.4 Å². The van der Waals surface area contributed by atoms with E-state index in [0.717, 1.165) is 42.4 Å². The third-order valence-corrected chi connectivity index (χ3v) is 7.85. The molecule has 3 aliphatic rings. The number of ketones is 1. The highest BCUT2D eigenvalue weighted by molar-refractivity contribution is 6.01. The number of carbonyl (C=O) groups excluding carboxylic acids is 2. The van der Waals surface area contributed by atoms with Crippen LogP contribution in [0.25, 0.3) is 0 Å². The molecule has 1 N–H and O–H groups in total. The fourth-order valence-electron chi connectivity index (χ4n) is 5.67. The largest absolute Gasteiger partial charge is 0.508 e. The average Bonchev–Trinajstić information content (AvgIpc) is 3.21. The number of rotatable bonds is 7. The van der Waals surface area contributed by atoms with E-state index in [1.165, 1.54) is 0 Å². The second-order valence-electron chi connectivity index (χ2n) is 9.89. The molecule has 3 heterocycles. The minimum absolute atomic E-state index is 0.00223. The second kappa shape index (κ2) is 9.49. The monoisotopic (exact) mass is 455 g/mol. The van der Waals surface area contributed by atoms with Crippen molar-refractivity contribution in [3.05, 3.63) is 34.9 Å². The summed E-state index contributed by atoms with van der Waals surface area (Å²) >= 11 is 0. The van der Waals surface area contributed by atoms with Crippen molar-refractivity contribution in [3.8, 4) is 11.5 Å². The molecule has 6 nitrogen and oxygen atoms in total. The quantitative estimate of drug-likeness (QED) is 0.349. The van der Waals surface area contributed by atoms with E-state index >= 15 is 0 Å². The SMILES string of the molecule is CC=CCCCCC(=O)[C@H](C)C(=O)N1CC[C@H]2[C@@H]3O[C@H](C)[C@@H](C)c4c(C)c(O)cc(c43)O[C@H]21. The van der Waals surface area contributed by atoms with E-state index < -0.39 is 12.1 Å². The van der Waals surface area contributed by atoms with Crippen LogP contribution in [0.15, 0.2) is 18.2 Å². The van der Waals surface area contributed by atoms with Gasteiger partial charge < -0.3 is 19.5 Å². The van der Waals surface area contributed by atoms with Crippen LogP contribution in [0.5, 0.6) is 11.5 Å². The van der Waals surface area contributed by atoms with Crippen molar-refractivity contribution in [3.63, 3.8) is 0 Å². The van der Waals surface area contributed by atoms with Crippen LogP contribution >= 0.6 is 0 Å². The fraction of sp³-hybridized carbons (Fsp3) is 0.630. The Morgan fingerprint density at radius 2 is 2.03 bits per heavy atom. The van der Waals surface area contributed by atoms with Crippen LogP contribution in [0.3, 0.4) is 0 Å². The van der Waals surface area contributed by atoms with Gasteiger partial charge in [-0.1, -0.05) is 19.1 Å². The van der Waals surface area contributed by atoms with Crippen LogP contribution in [0, 0.1) is 18.8 Å². The number of nitrogens with zero attached hydrogens (tertiary/aromatic N) is 1. The lowest BCUT2D eigenvalue weighted by molar-refractivity contribution is -0.152. The van der Waals surface area contributed by atoms with Crippen molar-refractivity contribution < 1.29 is 24.2 Å². The van der Waals surface area contributed by atoms with Gasteiger partial charge >= 0.3 is 0 Å². The summed E-state index contributed by atoms with van der Waals surface area (Å²) in [4.78, 5) is 27.8. The molecular formula is C27H37NO5. The van der Waals surface area contributed by atoms with Crippen LogP contribution in [-0.2, 0) is 14.3 Å². The van der Waals surface area contributed by atoms with Crippen molar-refractivity contribution in [2.45, 2.75) is 91.1 Å². The normalized spacial score (nSPS) is 28.9. The molecule has 6 atom stereocenters. The molecule has 3 aliphatic heterocycles. The summed E-state index contributed by atoms with van der Waals surface area (Å²) in [5.41, 5.74) is 3.01. The first-order valence-corrected chi connectivity index (χ1v) is 12.4. The highest BCUT2D eigenvalue weighted by atomic mass is 16.5. The third kappa shape index (κ3) is 4.18. The molecule has 0 aliphatic carbocycles. The molecule has 0 saturated carbocycles. The average molecular weight is 456 g/mol. The number of benzene rings is 1. The number of aromatic hydroxyl groups is 1. The first kappa shape index (κ1) is 23.8. The number of hydrogen-bond donors (Lipinski definition) is 1. The van der Waals surface area contributed by atoms with Gasteiger partial charge in [-0.2, -0.15) is 0 Å². The molecule has 4 rings (SSSR count). The summed E-state index contributed by atoms with van der Waals surface area (Å²) in [5.74, 6) is 0.114. The van der Waals surface area contributed by atoms with E-state index in [2.05, 4.69) is 19.9 Å². The summed E-state index contributed by atoms with van der Waals surface area (Å²) in [6.07, 6.45) is 7.37. The number of amides is 1. The molecule has 1 aromatic carbocycles. The van der Waals surface area contributed by atoms with Crippen LogP contribution in [-0.4, -0.2) is 40.6 Å². The van der Waals surface area contributed by atoms with Crippen molar-refractivity contribution in [1.82, 2.24) is 4.90 Å². The summed E-state index contributed by atoms with van der Waals surface area (Å²) in [6.45, 7) is 10.4. The maximum atomic E-state index is 13.3. The summed E-state index contributed by atoms with van der Waals surface area (Å²) in [7, 11) is 0. The highest BCUT2D eigenvalue weighted by Gasteiger charge is 2.52. The Morgan fingerprint density at radius 1 is 1.27 bits per heavy atom. The molecule has 33 heavy (non-hydrogen) atoms. The van der Waals surface area contributed by atoms with Gasteiger partial charge in [0.2, 0.25) is 5.91 Å². The van der Waals surface area contributed by atoms with Gasteiger partial charge in [0.25, 0.3) is 0 Å². The van der Waals surface area contributed by atoms with Gasteiger partial charge in [-0.3, -0.25) is 9.59 Å². The van der Waals surface area contributed by atoms with Crippen LogP contribution < -0.4 is 4.74 Å². The predicted octanol–water partition coefficient (Wildman–Crippen LogP) is 5.17. The van der Waals surface area contributed by atoms with E-state index in [0.29, 0.717) is 18.7 Å². The number of phenols is 1. The smallest absolute Gasteiger partial charge is 0.235 e. The van der Waals surface area contributed by atoms with E-state index in [9.17, 15) is 14.7 Å². The molecule has 180 valence electrons. The number of Topliss-reactive ketones (excluding diaryl/α,β-unsaturated/α-hetero) is 1. The van der Waals surface area contributed by atoms with E-state index in [-0.39, 0.29) is 41.5 Å². The zero-order valence-corrected chi connectivity index (χ0v) is 20.5. The molecule has 0 bridgehead atoms. The first-order chi connectivity index (χ1) is 15.8. The maximum absolute atomic E-state index is 13.3. The molecule has 1 saturated heterocycles. The van der Waals surface area contributed by atoms with Crippen molar-refractivity contribution in [1.29, 1.82) is 0 Å². The summed E-state index contributed by atoms with van der Waals surface area (Å²) in [5, 5.41) is 10.6. The molecule has 0 radical (unpaired) electrons. The molecule has 0 spiro atoms. The molecule has 6 heteroatoms. The number of allylic oxidation sites excluding steroid dienone is 2. The van der Waals surface area contributed by atoms with Crippen molar-refractivity contribution in [2.75, 3.05) is 6.54 Å². The number of unbranched alkanes of at least 4 members (excludes halogenated alkanes) is 2. The predicted molar refractivity (Wildman–Crippen MR) is 126 cm³/mol. The molecule has 1 aromatic rings. The number of hydrogen-bond acceptors (Lipinski definition) is 5. The van der Waals surface area contributed by atoms with Gasteiger partial charge in [-0.25, -0.2) is 0 Å². The van der Waals surface area contributed by atoms with Crippen molar-refractivity contribution >= 4 is 11.7 Å². The zero-order chi connectivity index (χ0) is 23.9. The molecule has 0 unspecified atom stereocenters. The number of carbonyl (C=O) groups is 2. The minimum atomic E-state index is -0.677. The molecular weight excluding hydrogens is 418 g/mol. The topological polar surface area (TPSA) is 76.1 Å². The maximum Gasteiger partial charge on any atom is 0.235 e. The van der Waals surface area contributed by atoms with Gasteiger partial charge in [-0.15, -0.1) is 0 Å². The van der Waals surface area contributed by atoms with E-state index in [1.54, 1.807) is 17.9 Å². The lowest BCUT2D eigenvalue weighted by Gasteiger charge is -2.45. The first-order valence-electron chi connectivity index (χ1n) is 12.4. The zero-order valence-electron chi connectivity index (χ0n) is 20.5. The molecule has 1 fully saturated rings. The van der Waals surface area contributed by atoms with Gasteiger partial charge in [-0.05, 0) is 64.5 Å². The van der Waals surface area contributed by atoms with Gasteiger partial charge in [0.05, 0.1) is 18.1 Å². The Kier molecular flexibility index (Phi) is 6.85. The van der Waals surface area contributed by atoms with E-state index in [4.69, 9.17) is 9.47 Å². The third-order valence-electron chi connectivity index (χ3n) is 7.85.